The van der Waals surface area contributed by atoms with E-state index in [1.54, 1.807) is 12.3 Å². The number of urea groups is 1. The molecule has 2 rings (SSSR count). The molecule has 1 saturated carbocycles. The summed E-state index contributed by atoms with van der Waals surface area (Å²) in [6.07, 6.45) is 6.16. The number of carbonyl (C=O) groups is 1. The Morgan fingerprint density at radius 3 is 2.94 bits per heavy atom. The third kappa shape index (κ3) is 3.52. The average Bonchev–Trinajstić information content (AvgIpc) is 3.07. The van der Waals surface area contributed by atoms with Crippen LogP contribution in [-0.2, 0) is 0 Å². The quantitative estimate of drug-likeness (QED) is 0.700. The van der Waals surface area contributed by atoms with Crippen LogP contribution < -0.4 is 16.4 Å². The van der Waals surface area contributed by atoms with Gasteiger partial charge >= 0.3 is 6.03 Å². The first kappa shape index (κ1) is 11.5. The summed E-state index contributed by atoms with van der Waals surface area (Å²) in [6.45, 7) is 1.95. The Kier molecular flexibility index (Phi) is 3.32. The van der Waals surface area contributed by atoms with Gasteiger partial charge in [0.1, 0.15) is 0 Å². The number of aryl methyl sites for hydroxylation is 1. The van der Waals surface area contributed by atoms with Gasteiger partial charge in [0.05, 0.1) is 11.4 Å². The van der Waals surface area contributed by atoms with E-state index < -0.39 is 0 Å². The zero-order valence-corrected chi connectivity index (χ0v) is 9.86. The van der Waals surface area contributed by atoms with Gasteiger partial charge in [0, 0.05) is 6.20 Å². The van der Waals surface area contributed by atoms with E-state index in [4.69, 9.17) is 5.73 Å². The third-order valence-electron chi connectivity index (χ3n) is 2.66. The molecule has 0 unspecified atom stereocenters. The normalized spacial score (nSPS) is 14.9. The van der Waals surface area contributed by atoms with E-state index in [1.807, 2.05) is 25.1 Å². The maximum atomic E-state index is 11.5. The van der Waals surface area contributed by atoms with E-state index >= 15 is 0 Å². The fourth-order valence-corrected chi connectivity index (χ4v) is 1.49. The predicted molar refractivity (Wildman–Crippen MR) is 69.6 cm³/mol. The lowest BCUT2D eigenvalue weighted by molar-refractivity contribution is 0.255. The summed E-state index contributed by atoms with van der Waals surface area (Å²) in [4.78, 5) is 11.5. The fourth-order valence-electron chi connectivity index (χ4n) is 1.49. The van der Waals surface area contributed by atoms with Crippen LogP contribution in [0.25, 0.3) is 0 Å². The molecule has 4 N–H and O–H groups in total. The van der Waals surface area contributed by atoms with Crippen molar-refractivity contribution in [1.82, 2.24) is 5.32 Å². The summed E-state index contributed by atoms with van der Waals surface area (Å²) < 4.78 is 0. The molecule has 0 aromatic heterocycles. The molecule has 4 nitrogen and oxygen atoms in total. The number of benzene rings is 1. The second kappa shape index (κ2) is 4.91. The molecule has 0 radical (unpaired) electrons. The first-order valence-corrected chi connectivity index (χ1v) is 5.75. The number of carbonyl (C=O) groups excluding carboxylic acids is 1. The van der Waals surface area contributed by atoms with Crippen molar-refractivity contribution in [3.8, 4) is 0 Å². The lowest BCUT2D eigenvalue weighted by atomic mass is 10.2. The molecule has 2 amide bonds. The Hall–Kier alpha value is -1.97. The van der Waals surface area contributed by atoms with Crippen LogP contribution in [0.1, 0.15) is 18.4 Å². The molecular formula is C13H17N3O. The van der Waals surface area contributed by atoms with Crippen LogP contribution in [0.4, 0.5) is 16.2 Å². The molecule has 0 spiro atoms. The molecule has 0 bridgehead atoms. The number of nitrogens with two attached hydrogens (primary N) is 1. The monoisotopic (exact) mass is 231 g/mol. The Morgan fingerprint density at radius 1 is 1.47 bits per heavy atom. The van der Waals surface area contributed by atoms with Crippen LogP contribution >= 0.6 is 0 Å². The molecule has 17 heavy (non-hydrogen) atoms. The van der Waals surface area contributed by atoms with Crippen molar-refractivity contribution >= 4 is 17.4 Å². The number of allylic oxidation sites excluding steroid dienone is 1. The fraction of sp³-hybridized carbons (Fsp3) is 0.308. The number of amides is 2. The SMILES string of the molecule is Cc1ccc(N)c(NC(=O)N/C=C/C2CC2)c1. The van der Waals surface area contributed by atoms with Gasteiger partial charge in [-0.15, -0.1) is 0 Å². The summed E-state index contributed by atoms with van der Waals surface area (Å²) in [5.41, 5.74) is 8.03. The minimum Gasteiger partial charge on any atom is -0.397 e. The predicted octanol–water partition coefficient (Wildman–Crippen LogP) is 2.62. The minimum absolute atomic E-state index is 0.265. The topological polar surface area (TPSA) is 67.1 Å². The molecule has 1 aliphatic rings. The third-order valence-corrected chi connectivity index (χ3v) is 2.66. The molecule has 0 atom stereocenters. The highest BCUT2D eigenvalue weighted by Crippen LogP contribution is 2.29. The summed E-state index contributed by atoms with van der Waals surface area (Å²) in [5, 5.41) is 5.38. The second-order valence-corrected chi connectivity index (χ2v) is 4.39. The number of hydrogen-bond acceptors (Lipinski definition) is 2. The Balaban J connectivity index is 1.90. The van der Waals surface area contributed by atoms with Gasteiger partial charge in [0.2, 0.25) is 0 Å². The summed E-state index contributed by atoms with van der Waals surface area (Å²) in [7, 11) is 0. The van der Waals surface area contributed by atoms with E-state index in [-0.39, 0.29) is 6.03 Å². The van der Waals surface area contributed by atoms with Gasteiger partial charge in [-0.2, -0.15) is 0 Å². The number of rotatable bonds is 3. The van der Waals surface area contributed by atoms with Gasteiger partial charge in [0.25, 0.3) is 0 Å². The van der Waals surface area contributed by atoms with Crippen molar-refractivity contribution in [2.24, 2.45) is 5.92 Å². The molecule has 1 aromatic carbocycles. The van der Waals surface area contributed by atoms with E-state index in [9.17, 15) is 4.79 Å². The lowest BCUT2D eigenvalue weighted by Gasteiger charge is -2.08. The van der Waals surface area contributed by atoms with Crippen molar-refractivity contribution < 1.29 is 4.79 Å². The number of nitrogen functional groups attached to an aromatic ring is 1. The second-order valence-electron chi connectivity index (χ2n) is 4.39. The molecular weight excluding hydrogens is 214 g/mol. The van der Waals surface area contributed by atoms with Gasteiger partial charge in [-0.1, -0.05) is 12.1 Å². The van der Waals surface area contributed by atoms with Gasteiger partial charge in [0.15, 0.2) is 0 Å². The molecule has 4 heteroatoms. The van der Waals surface area contributed by atoms with E-state index in [0.29, 0.717) is 17.3 Å². The van der Waals surface area contributed by atoms with E-state index in [0.717, 1.165) is 5.56 Å². The smallest absolute Gasteiger partial charge is 0.323 e. The molecule has 90 valence electrons. The summed E-state index contributed by atoms with van der Waals surface area (Å²) in [6, 6.07) is 5.27. The molecule has 1 aliphatic carbocycles. The van der Waals surface area contributed by atoms with Crippen LogP contribution in [0.15, 0.2) is 30.5 Å². The van der Waals surface area contributed by atoms with Gasteiger partial charge in [-0.25, -0.2) is 4.79 Å². The standard InChI is InChI=1S/C13H17N3O/c1-9-2-5-11(14)12(8-9)16-13(17)15-7-6-10-3-4-10/h2,5-8,10H,3-4,14H2,1H3,(H2,15,16,17)/b7-6+. The van der Waals surface area contributed by atoms with Crippen molar-refractivity contribution in [3.63, 3.8) is 0 Å². The van der Waals surface area contributed by atoms with Crippen LogP contribution in [0.5, 0.6) is 0 Å². The minimum atomic E-state index is -0.265. The zero-order chi connectivity index (χ0) is 12.3. The maximum Gasteiger partial charge on any atom is 0.323 e. The highest BCUT2D eigenvalue weighted by molar-refractivity contribution is 5.93. The first-order valence-electron chi connectivity index (χ1n) is 5.75. The highest BCUT2D eigenvalue weighted by atomic mass is 16.2. The molecule has 1 aromatic rings. The maximum absolute atomic E-state index is 11.5. The van der Waals surface area contributed by atoms with Crippen molar-refractivity contribution in [2.45, 2.75) is 19.8 Å². The molecule has 0 heterocycles. The van der Waals surface area contributed by atoms with Crippen molar-refractivity contribution in [2.75, 3.05) is 11.1 Å². The average molecular weight is 231 g/mol. The van der Waals surface area contributed by atoms with Crippen molar-refractivity contribution in [1.29, 1.82) is 0 Å². The number of anilines is 2. The summed E-state index contributed by atoms with van der Waals surface area (Å²) >= 11 is 0. The number of nitrogens with one attached hydrogen (secondary N) is 2. The van der Waals surface area contributed by atoms with Gasteiger partial charge < -0.3 is 16.4 Å². The Labute approximate surface area is 101 Å². The van der Waals surface area contributed by atoms with Gasteiger partial charge in [-0.3, -0.25) is 0 Å². The van der Waals surface area contributed by atoms with Crippen molar-refractivity contribution in [3.05, 3.63) is 36.0 Å². The zero-order valence-electron chi connectivity index (χ0n) is 9.86. The lowest BCUT2D eigenvalue weighted by Crippen LogP contribution is -2.24. The van der Waals surface area contributed by atoms with Crippen LogP contribution in [0.2, 0.25) is 0 Å². The van der Waals surface area contributed by atoms with Crippen LogP contribution in [0.3, 0.4) is 0 Å². The van der Waals surface area contributed by atoms with Crippen LogP contribution in [0, 0.1) is 12.8 Å². The van der Waals surface area contributed by atoms with E-state index in [2.05, 4.69) is 10.6 Å². The highest BCUT2D eigenvalue weighted by Gasteiger charge is 2.17. The molecule has 0 saturated heterocycles. The Morgan fingerprint density at radius 2 is 2.24 bits per heavy atom. The van der Waals surface area contributed by atoms with Gasteiger partial charge in [-0.05, 0) is 43.4 Å². The largest absolute Gasteiger partial charge is 0.397 e. The van der Waals surface area contributed by atoms with E-state index in [1.165, 1.54) is 12.8 Å². The van der Waals surface area contributed by atoms with Crippen LogP contribution in [-0.4, -0.2) is 6.03 Å². The first-order chi connectivity index (χ1) is 8.15. The number of hydrogen-bond donors (Lipinski definition) is 3. The Bertz CT molecular complexity index is 450. The molecule has 0 aliphatic heterocycles. The summed E-state index contributed by atoms with van der Waals surface area (Å²) in [5.74, 6) is 0.652. The molecule has 1 fully saturated rings.